The summed E-state index contributed by atoms with van der Waals surface area (Å²) in [5, 5.41) is 1.36. The number of aromatic amines is 1. The van der Waals surface area contributed by atoms with Crippen molar-refractivity contribution < 1.29 is 0 Å². The molecular weight excluding hydrogens is 238 g/mol. The van der Waals surface area contributed by atoms with Gasteiger partial charge in [-0.15, -0.1) is 0 Å². The van der Waals surface area contributed by atoms with Crippen LogP contribution in [-0.4, -0.2) is 9.81 Å². The Morgan fingerprint density at radius 3 is 3.07 bits per heavy atom. The zero-order valence-electron chi connectivity index (χ0n) is 7.63. The molecule has 0 radical (unpaired) electrons. The van der Waals surface area contributed by atoms with Crippen LogP contribution in [0.15, 0.2) is 30.3 Å². The second-order valence-corrected chi connectivity index (χ2v) is 4.82. The zero-order chi connectivity index (χ0) is 9.54. The second kappa shape index (κ2) is 2.99. The highest BCUT2D eigenvalue weighted by molar-refractivity contribution is 9.09. The van der Waals surface area contributed by atoms with E-state index in [1.54, 1.807) is 0 Å². The molecule has 1 aliphatic carbocycles. The minimum Gasteiger partial charge on any atom is -0.355 e. The summed E-state index contributed by atoms with van der Waals surface area (Å²) in [6.45, 7) is 0. The van der Waals surface area contributed by atoms with E-state index in [4.69, 9.17) is 0 Å². The molecule has 1 heterocycles. The van der Waals surface area contributed by atoms with Gasteiger partial charge in [-0.2, -0.15) is 0 Å². The Morgan fingerprint density at radius 1 is 1.29 bits per heavy atom. The van der Waals surface area contributed by atoms with Crippen LogP contribution in [-0.2, 0) is 6.42 Å². The summed E-state index contributed by atoms with van der Waals surface area (Å²) in [6, 6.07) is 8.48. The Bertz CT molecular complexity index is 510. The van der Waals surface area contributed by atoms with Crippen LogP contribution < -0.4 is 0 Å². The number of hydrogen-bond acceptors (Lipinski definition) is 0. The maximum absolute atomic E-state index is 3.63. The van der Waals surface area contributed by atoms with Gasteiger partial charge in [0.1, 0.15) is 0 Å². The lowest BCUT2D eigenvalue weighted by molar-refractivity contribution is 1.03. The quantitative estimate of drug-likeness (QED) is 0.687. The molecule has 0 saturated heterocycles. The molecule has 1 nitrogen and oxygen atoms in total. The Morgan fingerprint density at radius 2 is 2.14 bits per heavy atom. The topological polar surface area (TPSA) is 15.8 Å². The number of rotatable bonds is 0. The molecule has 0 bridgehead atoms. The Hall–Kier alpha value is -1.02. The summed E-state index contributed by atoms with van der Waals surface area (Å²) in [5.41, 5.74) is 3.94. The fourth-order valence-electron chi connectivity index (χ4n) is 2.05. The van der Waals surface area contributed by atoms with E-state index in [0.717, 1.165) is 6.42 Å². The molecule has 1 N–H and O–H groups in total. The molecule has 70 valence electrons. The maximum atomic E-state index is 3.63. The van der Waals surface area contributed by atoms with Crippen LogP contribution in [0, 0.1) is 0 Å². The molecule has 0 saturated carbocycles. The van der Waals surface area contributed by atoms with Crippen LogP contribution in [0.25, 0.3) is 17.0 Å². The lowest BCUT2D eigenvalue weighted by Crippen LogP contribution is -2.03. The van der Waals surface area contributed by atoms with Gasteiger partial charge in [-0.1, -0.05) is 40.2 Å². The van der Waals surface area contributed by atoms with E-state index < -0.39 is 0 Å². The van der Waals surface area contributed by atoms with Crippen molar-refractivity contribution in [2.24, 2.45) is 0 Å². The third kappa shape index (κ3) is 1.14. The van der Waals surface area contributed by atoms with Crippen LogP contribution in [0.4, 0.5) is 0 Å². The SMILES string of the molecule is BrC1C=Cc2[nH]c3ccccc3c2C1. The molecule has 0 aliphatic heterocycles. The number of halogens is 1. The van der Waals surface area contributed by atoms with Gasteiger partial charge in [0.25, 0.3) is 0 Å². The van der Waals surface area contributed by atoms with E-state index in [9.17, 15) is 0 Å². The van der Waals surface area contributed by atoms with Crippen molar-refractivity contribution in [1.82, 2.24) is 4.98 Å². The van der Waals surface area contributed by atoms with Crippen LogP contribution in [0.1, 0.15) is 11.3 Å². The molecule has 0 fully saturated rings. The van der Waals surface area contributed by atoms with Crippen molar-refractivity contribution in [2.45, 2.75) is 11.2 Å². The highest BCUT2D eigenvalue weighted by Crippen LogP contribution is 2.29. The first-order valence-electron chi connectivity index (χ1n) is 4.76. The molecule has 3 rings (SSSR count). The van der Waals surface area contributed by atoms with Crippen molar-refractivity contribution in [1.29, 1.82) is 0 Å². The van der Waals surface area contributed by atoms with E-state index in [1.807, 2.05) is 0 Å². The number of aromatic nitrogens is 1. The zero-order valence-corrected chi connectivity index (χ0v) is 9.21. The van der Waals surface area contributed by atoms with Crippen LogP contribution in [0.3, 0.4) is 0 Å². The van der Waals surface area contributed by atoms with Gasteiger partial charge in [0.2, 0.25) is 0 Å². The first-order chi connectivity index (χ1) is 6.84. The van der Waals surface area contributed by atoms with Gasteiger partial charge in [0.05, 0.1) is 0 Å². The van der Waals surface area contributed by atoms with Crippen LogP contribution in [0.2, 0.25) is 0 Å². The first-order valence-corrected chi connectivity index (χ1v) is 5.68. The van der Waals surface area contributed by atoms with E-state index in [-0.39, 0.29) is 0 Å². The van der Waals surface area contributed by atoms with E-state index in [0.29, 0.717) is 4.83 Å². The largest absolute Gasteiger partial charge is 0.355 e. The summed E-state index contributed by atoms with van der Waals surface area (Å²) in [7, 11) is 0. The summed E-state index contributed by atoms with van der Waals surface area (Å²) >= 11 is 3.63. The smallest absolute Gasteiger partial charge is 0.0461 e. The number of alkyl halides is 1. The van der Waals surface area contributed by atoms with E-state index >= 15 is 0 Å². The van der Waals surface area contributed by atoms with Gasteiger partial charge < -0.3 is 4.98 Å². The van der Waals surface area contributed by atoms with Crippen molar-refractivity contribution in [3.8, 4) is 0 Å². The van der Waals surface area contributed by atoms with Gasteiger partial charge in [-0.05, 0) is 24.1 Å². The van der Waals surface area contributed by atoms with Crippen LogP contribution >= 0.6 is 15.9 Å². The molecule has 1 aromatic carbocycles. The number of nitrogens with one attached hydrogen (secondary N) is 1. The number of fused-ring (bicyclic) bond motifs is 3. The monoisotopic (exact) mass is 247 g/mol. The third-order valence-corrected chi connectivity index (χ3v) is 3.35. The van der Waals surface area contributed by atoms with Gasteiger partial charge in [-0.25, -0.2) is 0 Å². The second-order valence-electron chi connectivity index (χ2n) is 3.64. The summed E-state index contributed by atoms with van der Waals surface area (Å²) in [4.78, 5) is 3.91. The Labute approximate surface area is 91.0 Å². The van der Waals surface area contributed by atoms with Crippen molar-refractivity contribution in [3.05, 3.63) is 41.6 Å². The van der Waals surface area contributed by atoms with Crippen LogP contribution in [0.5, 0.6) is 0 Å². The summed E-state index contributed by atoms with van der Waals surface area (Å²) in [6.07, 6.45) is 5.44. The van der Waals surface area contributed by atoms with Gasteiger partial charge in [-0.3, -0.25) is 0 Å². The summed E-state index contributed by atoms with van der Waals surface area (Å²) in [5.74, 6) is 0. The minimum atomic E-state index is 0.481. The number of allylic oxidation sites excluding steroid dienone is 1. The van der Waals surface area contributed by atoms with Crippen molar-refractivity contribution in [3.63, 3.8) is 0 Å². The van der Waals surface area contributed by atoms with Crippen molar-refractivity contribution >= 4 is 32.9 Å². The number of hydrogen-bond donors (Lipinski definition) is 1. The highest BCUT2D eigenvalue weighted by Gasteiger charge is 2.15. The lowest BCUT2D eigenvalue weighted by atomic mass is 10.0. The maximum Gasteiger partial charge on any atom is 0.0461 e. The fourth-order valence-corrected chi connectivity index (χ4v) is 2.52. The number of H-pyrrole nitrogens is 1. The molecule has 2 heteroatoms. The van der Waals surface area contributed by atoms with Gasteiger partial charge >= 0.3 is 0 Å². The molecule has 0 amide bonds. The molecule has 1 aliphatic rings. The predicted octanol–water partition coefficient (Wildman–Crippen LogP) is 3.50. The first kappa shape index (κ1) is 8.30. The Kier molecular flexibility index (Phi) is 1.77. The van der Waals surface area contributed by atoms with E-state index in [2.05, 4.69) is 57.3 Å². The lowest BCUT2D eigenvalue weighted by Gasteiger charge is -2.10. The molecule has 1 unspecified atom stereocenters. The minimum absolute atomic E-state index is 0.481. The number of para-hydroxylation sites is 1. The highest BCUT2D eigenvalue weighted by atomic mass is 79.9. The third-order valence-electron chi connectivity index (χ3n) is 2.72. The predicted molar refractivity (Wildman–Crippen MR) is 63.8 cm³/mol. The Balaban J connectivity index is 2.32. The molecule has 1 aromatic heterocycles. The standard InChI is InChI=1S/C12H10BrN/c13-8-5-6-12-10(7-8)9-3-1-2-4-11(9)14-12/h1-6,8,14H,7H2. The van der Waals surface area contributed by atoms with Crippen molar-refractivity contribution in [2.75, 3.05) is 0 Å². The van der Waals surface area contributed by atoms with Gasteiger partial charge in [0.15, 0.2) is 0 Å². The molecular formula is C12H10BrN. The fraction of sp³-hybridized carbons (Fsp3) is 0.167. The summed E-state index contributed by atoms with van der Waals surface area (Å²) < 4.78 is 0. The average Bonchev–Trinajstić information content (AvgIpc) is 2.56. The molecule has 2 aromatic rings. The molecule has 14 heavy (non-hydrogen) atoms. The average molecular weight is 248 g/mol. The normalized spacial score (nSPS) is 19.9. The number of benzene rings is 1. The molecule has 0 spiro atoms. The molecule has 1 atom stereocenters. The van der Waals surface area contributed by atoms with Gasteiger partial charge in [0, 0.05) is 21.4 Å². The van der Waals surface area contributed by atoms with E-state index in [1.165, 1.54) is 22.2 Å².